The molecule has 0 rings (SSSR count). The van der Waals surface area contributed by atoms with E-state index in [-0.39, 0.29) is 0 Å². The molecule has 0 aliphatic carbocycles. The molecular formula is C3H12N2+2. The van der Waals surface area contributed by atoms with Crippen molar-refractivity contribution in [2.45, 2.75) is 6.42 Å². The summed E-state index contributed by atoms with van der Waals surface area (Å²) in [7, 11) is 0. The van der Waals surface area contributed by atoms with E-state index in [0.717, 1.165) is 13.1 Å². The summed E-state index contributed by atoms with van der Waals surface area (Å²) in [5, 5.41) is 0. The summed E-state index contributed by atoms with van der Waals surface area (Å²) < 4.78 is 0. The molecule has 0 spiro atoms. The Balaban J connectivity index is 2.19. The Hall–Kier alpha value is -0.0800. The molecule has 0 fully saturated rings. The van der Waals surface area contributed by atoms with Crippen LogP contribution in [0.3, 0.4) is 0 Å². The first-order valence-corrected chi connectivity index (χ1v) is 2.00. The lowest BCUT2D eigenvalue weighted by Gasteiger charge is -1.75. The zero-order valence-electron chi connectivity index (χ0n) is 3.54. The fraction of sp³-hybridized carbons (Fsp3) is 1.00. The van der Waals surface area contributed by atoms with E-state index in [1.54, 1.807) is 0 Å². The molecule has 2 nitrogen and oxygen atoms in total. The van der Waals surface area contributed by atoms with Gasteiger partial charge in [-0.05, 0) is 0 Å². The first kappa shape index (κ1) is 4.92. The fourth-order valence-electron chi connectivity index (χ4n) is 0.177. The van der Waals surface area contributed by atoms with Crippen LogP contribution >= 0.6 is 0 Å². The minimum absolute atomic E-state index is 1.03. The molecule has 32 valence electrons. The van der Waals surface area contributed by atoms with Crippen LogP contribution in [0.5, 0.6) is 0 Å². The molecule has 0 aliphatic rings. The predicted molar refractivity (Wildman–Crippen MR) is 20.1 cm³/mol. The van der Waals surface area contributed by atoms with Crippen LogP contribution < -0.4 is 11.5 Å². The minimum atomic E-state index is 1.03. The number of rotatable bonds is 2. The molecular weight excluding hydrogens is 64.0 g/mol. The zero-order chi connectivity index (χ0) is 4.12. The van der Waals surface area contributed by atoms with E-state index >= 15 is 0 Å². The zero-order valence-corrected chi connectivity index (χ0v) is 3.54. The molecule has 0 radical (unpaired) electrons. The highest BCUT2D eigenvalue weighted by molar-refractivity contribution is 4.18. The molecule has 0 bridgehead atoms. The highest BCUT2D eigenvalue weighted by atomic mass is 14.6. The smallest absolute Gasteiger partial charge is 0.0794 e. The second kappa shape index (κ2) is 3.92. The van der Waals surface area contributed by atoms with Crippen molar-refractivity contribution in [1.82, 2.24) is 0 Å². The van der Waals surface area contributed by atoms with Crippen molar-refractivity contribution in [2.24, 2.45) is 0 Å². The fourth-order valence-corrected chi connectivity index (χ4v) is 0.177. The quantitative estimate of drug-likeness (QED) is 0.377. The van der Waals surface area contributed by atoms with Gasteiger partial charge in [0.25, 0.3) is 0 Å². The van der Waals surface area contributed by atoms with Crippen molar-refractivity contribution >= 4 is 0 Å². The molecule has 0 saturated heterocycles. The van der Waals surface area contributed by atoms with Crippen molar-refractivity contribution in [2.75, 3.05) is 13.1 Å². The molecule has 0 amide bonds. The van der Waals surface area contributed by atoms with Crippen LogP contribution in [0.2, 0.25) is 0 Å². The summed E-state index contributed by atoms with van der Waals surface area (Å²) in [4.78, 5) is 0. The van der Waals surface area contributed by atoms with Crippen LogP contribution in [0.1, 0.15) is 6.42 Å². The van der Waals surface area contributed by atoms with Gasteiger partial charge in [-0.25, -0.2) is 0 Å². The summed E-state index contributed by atoms with van der Waals surface area (Å²) in [6.45, 7) is 2.06. The van der Waals surface area contributed by atoms with Crippen molar-refractivity contribution in [1.29, 1.82) is 0 Å². The minimum Gasteiger partial charge on any atom is -0.357 e. The standard InChI is InChI=1S/C3H10N2/c4-2-1-3-5/h1-5H2/p+2. The summed E-state index contributed by atoms with van der Waals surface area (Å²) >= 11 is 0. The highest BCUT2D eigenvalue weighted by Crippen LogP contribution is 1.53. The van der Waals surface area contributed by atoms with Gasteiger partial charge in [-0.2, -0.15) is 0 Å². The van der Waals surface area contributed by atoms with Gasteiger partial charge < -0.3 is 11.5 Å². The van der Waals surface area contributed by atoms with Crippen molar-refractivity contribution in [3.8, 4) is 0 Å². The van der Waals surface area contributed by atoms with E-state index in [2.05, 4.69) is 11.5 Å². The van der Waals surface area contributed by atoms with E-state index in [1.165, 1.54) is 6.42 Å². The van der Waals surface area contributed by atoms with E-state index in [0.29, 0.717) is 0 Å². The van der Waals surface area contributed by atoms with E-state index in [9.17, 15) is 0 Å². The second-order valence-electron chi connectivity index (χ2n) is 1.06. The third kappa shape index (κ3) is 3.92. The first-order valence-electron chi connectivity index (χ1n) is 2.00. The topological polar surface area (TPSA) is 55.3 Å². The van der Waals surface area contributed by atoms with Crippen LogP contribution in [0.15, 0.2) is 0 Å². The van der Waals surface area contributed by atoms with Gasteiger partial charge in [0.2, 0.25) is 0 Å². The summed E-state index contributed by atoms with van der Waals surface area (Å²) in [5.74, 6) is 0. The molecule has 0 aromatic rings. The lowest BCUT2D eigenvalue weighted by atomic mass is 10.4. The molecule has 0 saturated carbocycles. The lowest BCUT2D eigenvalue weighted by Crippen LogP contribution is -2.56. The average molecular weight is 76.1 g/mol. The van der Waals surface area contributed by atoms with Gasteiger partial charge in [-0.1, -0.05) is 0 Å². The molecule has 2 heteroatoms. The summed E-state index contributed by atoms with van der Waals surface area (Å²) in [6.07, 6.45) is 1.17. The lowest BCUT2D eigenvalue weighted by molar-refractivity contribution is -0.404. The normalized spacial score (nSPS) is 8.40. The van der Waals surface area contributed by atoms with E-state index < -0.39 is 0 Å². The van der Waals surface area contributed by atoms with Gasteiger partial charge >= 0.3 is 0 Å². The predicted octanol–water partition coefficient (Wildman–Crippen LogP) is -2.14. The molecule has 0 aromatic heterocycles. The van der Waals surface area contributed by atoms with Crippen LogP contribution in [0.25, 0.3) is 0 Å². The third-order valence-corrected chi connectivity index (χ3v) is 0.500. The van der Waals surface area contributed by atoms with E-state index in [4.69, 9.17) is 0 Å². The Morgan fingerprint density at radius 1 is 1.00 bits per heavy atom. The Morgan fingerprint density at radius 2 is 1.40 bits per heavy atom. The largest absolute Gasteiger partial charge is 0.357 e. The van der Waals surface area contributed by atoms with Crippen LogP contribution in [0, 0.1) is 0 Å². The Kier molecular flexibility index (Phi) is 3.86. The van der Waals surface area contributed by atoms with Gasteiger partial charge in [0.1, 0.15) is 0 Å². The molecule has 0 heterocycles. The van der Waals surface area contributed by atoms with E-state index in [1.807, 2.05) is 0 Å². The average Bonchev–Trinajstić information content (AvgIpc) is 1.41. The molecule has 0 unspecified atom stereocenters. The van der Waals surface area contributed by atoms with Crippen molar-refractivity contribution < 1.29 is 11.5 Å². The maximum atomic E-state index is 3.64. The highest BCUT2D eigenvalue weighted by Gasteiger charge is 1.74. The molecule has 0 aliphatic heterocycles. The number of hydrogen-bond donors (Lipinski definition) is 2. The van der Waals surface area contributed by atoms with Gasteiger partial charge in [-0.3, -0.25) is 0 Å². The Morgan fingerprint density at radius 3 is 1.40 bits per heavy atom. The summed E-state index contributed by atoms with van der Waals surface area (Å²) in [6, 6.07) is 0. The Labute approximate surface area is 32.1 Å². The number of quaternary nitrogens is 2. The van der Waals surface area contributed by atoms with Crippen LogP contribution in [-0.4, -0.2) is 13.1 Å². The third-order valence-electron chi connectivity index (χ3n) is 0.500. The van der Waals surface area contributed by atoms with Gasteiger partial charge in [0, 0.05) is 6.42 Å². The van der Waals surface area contributed by atoms with Crippen LogP contribution in [-0.2, 0) is 0 Å². The molecule has 0 atom stereocenters. The monoisotopic (exact) mass is 76.1 g/mol. The molecule has 6 N–H and O–H groups in total. The maximum Gasteiger partial charge on any atom is 0.0794 e. The first-order chi connectivity index (χ1) is 2.41. The van der Waals surface area contributed by atoms with Gasteiger partial charge in [0.15, 0.2) is 0 Å². The van der Waals surface area contributed by atoms with Gasteiger partial charge in [-0.15, -0.1) is 0 Å². The van der Waals surface area contributed by atoms with Gasteiger partial charge in [0.05, 0.1) is 13.1 Å². The maximum absolute atomic E-state index is 3.64. The van der Waals surface area contributed by atoms with Crippen LogP contribution in [0.4, 0.5) is 0 Å². The summed E-state index contributed by atoms with van der Waals surface area (Å²) in [5.41, 5.74) is 7.27. The molecule has 5 heavy (non-hydrogen) atoms. The van der Waals surface area contributed by atoms with Crippen molar-refractivity contribution in [3.05, 3.63) is 0 Å². The van der Waals surface area contributed by atoms with Crippen molar-refractivity contribution in [3.63, 3.8) is 0 Å². The second-order valence-corrected chi connectivity index (χ2v) is 1.06. The molecule has 0 aromatic carbocycles. The SMILES string of the molecule is [NH3+]CCC[NH3+]. The number of hydrogen-bond acceptors (Lipinski definition) is 0. The Bertz CT molecular complexity index is 12.4.